The molecule has 0 fully saturated rings. The molecule has 0 spiro atoms. The molecule has 0 radical (unpaired) electrons. The van der Waals surface area contributed by atoms with Crippen molar-refractivity contribution in [3.8, 4) is 0 Å². The lowest BCUT2D eigenvalue weighted by molar-refractivity contribution is -0.387. The number of hydrogen-bond acceptors (Lipinski definition) is 4. The third-order valence-corrected chi connectivity index (χ3v) is 1.81. The van der Waals surface area contributed by atoms with E-state index >= 15 is 0 Å². The molecule has 90 valence electrons. The van der Waals surface area contributed by atoms with Gasteiger partial charge in [0.1, 0.15) is 6.54 Å². The van der Waals surface area contributed by atoms with E-state index in [0.29, 0.717) is 6.07 Å². The predicted octanol–water partition coefficient (Wildman–Crippen LogP) is 0.548. The Hall–Kier alpha value is -2.51. The van der Waals surface area contributed by atoms with Crippen molar-refractivity contribution < 1.29 is 24.0 Å². The first kappa shape index (κ1) is 12.6. The largest absolute Gasteiger partial charge is 0.480 e. The minimum Gasteiger partial charge on any atom is -0.480 e. The van der Waals surface area contributed by atoms with Gasteiger partial charge in [0.2, 0.25) is 5.82 Å². The molecule has 0 heterocycles. The molecule has 0 aromatic heterocycles. The van der Waals surface area contributed by atoms with E-state index in [1.165, 1.54) is 0 Å². The van der Waals surface area contributed by atoms with Gasteiger partial charge in [-0.05, 0) is 12.1 Å². The fourth-order valence-corrected chi connectivity index (χ4v) is 1.05. The third kappa shape index (κ3) is 3.23. The maximum atomic E-state index is 13.1. The predicted molar refractivity (Wildman–Crippen MR) is 53.0 cm³/mol. The Morgan fingerprint density at radius 2 is 2.12 bits per heavy atom. The van der Waals surface area contributed by atoms with Gasteiger partial charge in [-0.3, -0.25) is 19.7 Å². The van der Waals surface area contributed by atoms with Crippen LogP contribution in [-0.4, -0.2) is 28.5 Å². The van der Waals surface area contributed by atoms with E-state index in [9.17, 15) is 24.1 Å². The van der Waals surface area contributed by atoms with Crippen LogP contribution in [0.25, 0.3) is 0 Å². The van der Waals surface area contributed by atoms with Crippen LogP contribution >= 0.6 is 0 Å². The second-order valence-electron chi connectivity index (χ2n) is 3.00. The van der Waals surface area contributed by atoms with Crippen LogP contribution in [0, 0.1) is 15.9 Å². The number of rotatable bonds is 4. The fraction of sp³-hybridized carbons (Fsp3) is 0.111. The van der Waals surface area contributed by atoms with Crippen molar-refractivity contribution in [2.24, 2.45) is 0 Å². The van der Waals surface area contributed by atoms with Crippen LogP contribution in [0.1, 0.15) is 10.4 Å². The van der Waals surface area contributed by atoms with E-state index in [1.807, 2.05) is 5.32 Å². The summed E-state index contributed by atoms with van der Waals surface area (Å²) in [6, 6.07) is 2.55. The number of hydrogen-bond donors (Lipinski definition) is 2. The van der Waals surface area contributed by atoms with E-state index in [-0.39, 0.29) is 5.56 Å². The number of nitro groups is 1. The zero-order valence-corrected chi connectivity index (χ0v) is 8.34. The number of benzene rings is 1. The maximum absolute atomic E-state index is 13.1. The topological polar surface area (TPSA) is 110 Å². The molecule has 7 nitrogen and oxygen atoms in total. The molecule has 0 saturated heterocycles. The van der Waals surface area contributed by atoms with E-state index < -0.39 is 34.8 Å². The van der Waals surface area contributed by atoms with Crippen LogP contribution in [0.15, 0.2) is 18.2 Å². The van der Waals surface area contributed by atoms with Crippen LogP contribution in [0.4, 0.5) is 10.1 Å². The second kappa shape index (κ2) is 5.01. The van der Waals surface area contributed by atoms with Crippen molar-refractivity contribution in [2.45, 2.75) is 0 Å². The molecule has 0 atom stereocenters. The van der Waals surface area contributed by atoms with E-state index in [2.05, 4.69) is 0 Å². The molecule has 0 saturated carbocycles. The first-order chi connectivity index (χ1) is 7.91. The lowest BCUT2D eigenvalue weighted by Gasteiger charge is -2.02. The molecule has 17 heavy (non-hydrogen) atoms. The first-order valence-corrected chi connectivity index (χ1v) is 4.35. The SMILES string of the molecule is O=C(O)CNC(=O)c1ccc([N+](=O)[O-])c([18F])c1. The fourth-order valence-electron chi connectivity index (χ4n) is 1.05. The third-order valence-electron chi connectivity index (χ3n) is 1.81. The molecule has 1 aromatic carbocycles. The number of nitro benzene ring substituents is 1. The van der Waals surface area contributed by atoms with Gasteiger partial charge in [-0.25, -0.2) is 0 Å². The van der Waals surface area contributed by atoms with Gasteiger partial charge in [0.25, 0.3) is 5.91 Å². The zero-order valence-electron chi connectivity index (χ0n) is 8.34. The van der Waals surface area contributed by atoms with Crippen LogP contribution in [0.2, 0.25) is 0 Å². The standard InChI is InChI=1S/C9H7FN2O5/c10-6-3-5(1-2-7(6)12(16)17)9(15)11-4-8(13)14/h1-3H,4H2,(H,11,15)(H,13,14)/i10-1. The highest BCUT2D eigenvalue weighted by Crippen LogP contribution is 2.17. The Morgan fingerprint density at radius 3 is 2.59 bits per heavy atom. The molecule has 1 amide bonds. The molecule has 0 aliphatic rings. The van der Waals surface area contributed by atoms with Gasteiger partial charge < -0.3 is 10.4 Å². The molecule has 1 rings (SSSR count). The molecular formula is C9H7FN2O5. The van der Waals surface area contributed by atoms with Crippen LogP contribution in [0.3, 0.4) is 0 Å². The number of carbonyl (C=O) groups is 2. The Morgan fingerprint density at radius 1 is 1.47 bits per heavy atom. The average molecular weight is 241 g/mol. The summed E-state index contributed by atoms with van der Waals surface area (Å²) >= 11 is 0. The van der Waals surface area contributed by atoms with Gasteiger partial charge in [-0.15, -0.1) is 0 Å². The monoisotopic (exact) mass is 241 g/mol. The van der Waals surface area contributed by atoms with Crippen molar-refractivity contribution >= 4 is 17.6 Å². The summed E-state index contributed by atoms with van der Waals surface area (Å²) < 4.78 is 13.1. The first-order valence-electron chi connectivity index (χ1n) is 4.35. The van der Waals surface area contributed by atoms with Crippen LogP contribution in [0.5, 0.6) is 0 Å². The molecule has 2 N–H and O–H groups in total. The number of nitrogens with one attached hydrogen (secondary N) is 1. The molecule has 0 unspecified atom stereocenters. The Labute approximate surface area is 94.0 Å². The minimum atomic E-state index is -1.25. The summed E-state index contributed by atoms with van der Waals surface area (Å²) in [5, 5.41) is 20.6. The second-order valence-corrected chi connectivity index (χ2v) is 3.00. The Kier molecular flexibility index (Phi) is 3.70. The van der Waals surface area contributed by atoms with Gasteiger partial charge in [-0.2, -0.15) is 4.39 Å². The van der Waals surface area contributed by atoms with Crippen LogP contribution < -0.4 is 5.32 Å². The molecular weight excluding hydrogens is 234 g/mol. The van der Waals surface area contributed by atoms with E-state index in [4.69, 9.17) is 5.11 Å². The van der Waals surface area contributed by atoms with E-state index in [1.54, 1.807) is 0 Å². The minimum absolute atomic E-state index is 0.186. The normalized spacial score (nSPS) is 9.71. The van der Waals surface area contributed by atoms with Gasteiger partial charge in [0, 0.05) is 11.6 Å². The highest BCUT2D eigenvalue weighted by molar-refractivity contribution is 5.95. The molecule has 8 heteroatoms. The summed E-state index contributed by atoms with van der Waals surface area (Å²) in [6.07, 6.45) is 0. The zero-order chi connectivity index (χ0) is 13.0. The number of amides is 1. The summed E-state index contributed by atoms with van der Waals surface area (Å²) in [7, 11) is 0. The van der Waals surface area contributed by atoms with Crippen LogP contribution in [-0.2, 0) is 4.79 Å². The molecule has 0 aliphatic carbocycles. The lowest BCUT2D eigenvalue weighted by atomic mass is 10.2. The highest BCUT2D eigenvalue weighted by atomic mass is 18.2. The average Bonchev–Trinajstić information content (AvgIpc) is 2.25. The van der Waals surface area contributed by atoms with Crippen molar-refractivity contribution in [2.75, 3.05) is 6.54 Å². The smallest absolute Gasteiger partial charge is 0.322 e. The number of aliphatic carboxylic acids is 1. The highest BCUT2D eigenvalue weighted by Gasteiger charge is 2.16. The summed E-state index contributed by atoms with van der Waals surface area (Å²) in [5.74, 6) is -3.22. The van der Waals surface area contributed by atoms with Crippen molar-refractivity contribution in [3.63, 3.8) is 0 Å². The number of carboxylic acids is 1. The lowest BCUT2D eigenvalue weighted by Crippen LogP contribution is -2.29. The number of halogens is 1. The van der Waals surface area contributed by atoms with Gasteiger partial charge in [-0.1, -0.05) is 0 Å². The quantitative estimate of drug-likeness (QED) is 0.590. The summed E-state index contributed by atoms with van der Waals surface area (Å²) in [5.41, 5.74) is -0.936. The van der Waals surface area contributed by atoms with Crippen molar-refractivity contribution in [3.05, 3.63) is 39.7 Å². The number of carbonyl (C=O) groups excluding carboxylic acids is 1. The molecule has 0 bridgehead atoms. The summed E-state index contributed by atoms with van der Waals surface area (Å²) in [4.78, 5) is 30.8. The summed E-state index contributed by atoms with van der Waals surface area (Å²) in [6.45, 7) is -0.614. The Bertz CT molecular complexity index is 488. The maximum Gasteiger partial charge on any atom is 0.322 e. The van der Waals surface area contributed by atoms with Gasteiger partial charge in [0.15, 0.2) is 0 Å². The van der Waals surface area contributed by atoms with Gasteiger partial charge >= 0.3 is 11.7 Å². The van der Waals surface area contributed by atoms with Gasteiger partial charge in [0.05, 0.1) is 4.92 Å². The molecule has 1 aromatic rings. The number of carboxylic acid groups (broad SMARTS) is 1. The molecule has 0 aliphatic heterocycles. The number of nitrogens with zero attached hydrogens (tertiary/aromatic N) is 1. The Balaban J connectivity index is 2.86. The van der Waals surface area contributed by atoms with E-state index in [0.717, 1.165) is 12.1 Å². The van der Waals surface area contributed by atoms with Crippen molar-refractivity contribution in [1.82, 2.24) is 5.32 Å². The van der Waals surface area contributed by atoms with Crippen molar-refractivity contribution in [1.29, 1.82) is 0 Å².